The van der Waals surface area contributed by atoms with Crippen molar-refractivity contribution >= 4 is 28.9 Å². The zero-order valence-corrected chi connectivity index (χ0v) is 14.9. The van der Waals surface area contributed by atoms with Gasteiger partial charge < -0.3 is 15.5 Å². The van der Waals surface area contributed by atoms with Crippen LogP contribution in [0.5, 0.6) is 0 Å². The summed E-state index contributed by atoms with van der Waals surface area (Å²) in [5.41, 5.74) is 1.81. The lowest BCUT2D eigenvalue weighted by molar-refractivity contribution is -0.384. The van der Waals surface area contributed by atoms with Crippen LogP contribution < -0.4 is 15.5 Å². The molecule has 1 aliphatic heterocycles. The molecule has 8 nitrogen and oxygen atoms in total. The normalized spacial score (nSPS) is 13.3. The molecule has 2 amide bonds. The third kappa shape index (κ3) is 4.05. The Morgan fingerprint density at radius 2 is 1.70 bits per heavy atom. The van der Waals surface area contributed by atoms with Crippen molar-refractivity contribution in [3.05, 3.63) is 63.7 Å². The summed E-state index contributed by atoms with van der Waals surface area (Å²) in [7, 11) is 1.54. The lowest BCUT2D eigenvalue weighted by Gasteiger charge is -2.21. The van der Waals surface area contributed by atoms with Gasteiger partial charge in [0, 0.05) is 43.5 Å². The van der Waals surface area contributed by atoms with Crippen LogP contribution in [-0.4, -0.2) is 36.9 Å². The predicted molar refractivity (Wildman–Crippen MR) is 102 cm³/mol. The summed E-state index contributed by atoms with van der Waals surface area (Å²) in [6.45, 7) is 1.64. The number of carbonyl (C=O) groups is 2. The maximum atomic E-state index is 12.8. The summed E-state index contributed by atoms with van der Waals surface area (Å²) in [6, 6.07) is 10.8. The maximum absolute atomic E-state index is 12.8. The molecule has 0 aromatic heterocycles. The fourth-order valence-electron chi connectivity index (χ4n) is 3.10. The molecule has 2 N–H and O–H groups in total. The van der Waals surface area contributed by atoms with E-state index in [2.05, 4.69) is 15.5 Å². The molecule has 8 heteroatoms. The highest BCUT2D eigenvalue weighted by atomic mass is 16.6. The van der Waals surface area contributed by atoms with E-state index in [9.17, 15) is 19.7 Å². The smallest absolute Gasteiger partial charge is 0.270 e. The minimum atomic E-state index is -0.511. The third-order valence-electron chi connectivity index (χ3n) is 4.51. The van der Waals surface area contributed by atoms with Crippen LogP contribution in [0.25, 0.3) is 0 Å². The first-order valence-corrected chi connectivity index (χ1v) is 8.66. The second-order valence-electron chi connectivity index (χ2n) is 6.26. The highest BCUT2D eigenvalue weighted by molar-refractivity contribution is 6.08. The van der Waals surface area contributed by atoms with E-state index in [1.165, 1.54) is 12.1 Å². The van der Waals surface area contributed by atoms with E-state index in [4.69, 9.17) is 0 Å². The number of nitro groups is 1. The van der Waals surface area contributed by atoms with Gasteiger partial charge in [-0.15, -0.1) is 0 Å². The standard InChI is InChI=1S/C19H20N4O4/c1-20-18(24)13-4-6-14(7-5-13)21-19(25)16-12-15(23(26)27)8-9-17(16)22-10-2-3-11-22/h4-9,12H,2-3,10-11H2,1H3,(H,20,24)(H,21,25). The van der Waals surface area contributed by atoms with E-state index in [-0.39, 0.29) is 17.2 Å². The topological polar surface area (TPSA) is 105 Å². The molecule has 1 aliphatic rings. The molecule has 0 spiro atoms. The van der Waals surface area contributed by atoms with E-state index >= 15 is 0 Å². The number of benzene rings is 2. The molecule has 0 atom stereocenters. The molecular weight excluding hydrogens is 348 g/mol. The molecule has 1 saturated heterocycles. The van der Waals surface area contributed by atoms with Crippen LogP contribution in [0.4, 0.5) is 17.1 Å². The molecule has 140 valence electrons. The highest BCUT2D eigenvalue weighted by Crippen LogP contribution is 2.29. The number of nitrogens with zero attached hydrogens (tertiary/aromatic N) is 2. The van der Waals surface area contributed by atoms with Gasteiger partial charge in [-0.1, -0.05) is 0 Å². The van der Waals surface area contributed by atoms with Crippen LogP contribution in [0.2, 0.25) is 0 Å². The van der Waals surface area contributed by atoms with E-state index in [0.29, 0.717) is 16.9 Å². The van der Waals surface area contributed by atoms with Crippen molar-refractivity contribution < 1.29 is 14.5 Å². The molecule has 0 radical (unpaired) electrons. The predicted octanol–water partition coefficient (Wildman–Crippen LogP) is 2.81. The summed E-state index contributed by atoms with van der Waals surface area (Å²) in [4.78, 5) is 37.1. The first-order chi connectivity index (χ1) is 13.0. The van der Waals surface area contributed by atoms with Crippen LogP contribution in [0.3, 0.4) is 0 Å². The molecule has 0 bridgehead atoms. The number of hydrogen-bond acceptors (Lipinski definition) is 5. The second kappa shape index (κ2) is 7.86. The first kappa shape index (κ1) is 18.4. The van der Waals surface area contributed by atoms with Crippen molar-refractivity contribution in [1.82, 2.24) is 5.32 Å². The highest BCUT2D eigenvalue weighted by Gasteiger charge is 2.22. The van der Waals surface area contributed by atoms with Gasteiger partial charge in [-0.25, -0.2) is 0 Å². The Morgan fingerprint density at radius 1 is 1.04 bits per heavy atom. The molecule has 2 aromatic rings. The molecule has 1 fully saturated rings. The summed E-state index contributed by atoms with van der Waals surface area (Å²) < 4.78 is 0. The van der Waals surface area contributed by atoms with Crippen LogP contribution in [0.1, 0.15) is 33.6 Å². The monoisotopic (exact) mass is 368 g/mol. The summed E-state index contributed by atoms with van der Waals surface area (Å²) in [6.07, 6.45) is 2.05. The number of hydrogen-bond donors (Lipinski definition) is 2. The van der Waals surface area contributed by atoms with Crippen molar-refractivity contribution in [2.75, 3.05) is 30.4 Å². The van der Waals surface area contributed by atoms with Gasteiger partial charge in [-0.2, -0.15) is 0 Å². The fourth-order valence-corrected chi connectivity index (χ4v) is 3.10. The minimum Gasteiger partial charge on any atom is -0.371 e. The molecule has 27 heavy (non-hydrogen) atoms. The Morgan fingerprint density at radius 3 is 2.30 bits per heavy atom. The fraction of sp³-hybridized carbons (Fsp3) is 0.263. The van der Waals surface area contributed by atoms with Gasteiger partial charge in [0.05, 0.1) is 16.2 Å². The zero-order chi connectivity index (χ0) is 19.4. The summed E-state index contributed by atoms with van der Waals surface area (Å²) in [5.74, 6) is -0.642. The number of rotatable bonds is 5. The Kier molecular flexibility index (Phi) is 5.35. The third-order valence-corrected chi connectivity index (χ3v) is 4.51. The van der Waals surface area contributed by atoms with E-state index in [1.54, 1.807) is 37.4 Å². The molecule has 3 rings (SSSR count). The average molecular weight is 368 g/mol. The van der Waals surface area contributed by atoms with Crippen LogP contribution >= 0.6 is 0 Å². The van der Waals surface area contributed by atoms with Gasteiger partial charge in [0.25, 0.3) is 17.5 Å². The number of anilines is 2. The quantitative estimate of drug-likeness (QED) is 0.624. The van der Waals surface area contributed by atoms with Gasteiger partial charge in [0.15, 0.2) is 0 Å². The Bertz CT molecular complexity index is 874. The maximum Gasteiger partial charge on any atom is 0.270 e. The summed E-state index contributed by atoms with van der Waals surface area (Å²) in [5, 5.41) is 16.4. The lowest BCUT2D eigenvalue weighted by atomic mass is 10.1. The number of nitrogens with one attached hydrogen (secondary N) is 2. The second-order valence-corrected chi connectivity index (χ2v) is 6.26. The molecule has 2 aromatic carbocycles. The van der Waals surface area contributed by atoms with Crippen LogP contribution in [-0.2, 0) is 0 Å². The largest absolute Gasteiger partial charge is 0.371 e. The van der Waals surface area contributed by atoms with E-state index in [1.807, 2.05) is 0 Å². The average Bonchev–Trinajstić information content (AvgIpc) is 3.22. The van der Waals surface area contributed by atoms with E-state index in [0.717, 1.165) is 25.9 Å². The van der Waals surface area contributed by atoms with Crippen molar-refractivity contribution in [2.45, 2.75) is 12.8 Å². The Balaban J connectivity index is 1.87. The number of non-ortho nitro benzene ring substituents is 1. The molecule has 0 unspecified atom stereocenters. The first-order valence-electron chi connectivity index (χ1n) is 8.66. The molecule has 0 aliphatic carbocycles. The number of amides is 2. The van der Waals surface area contributed by atoms with Crippen molar-refractivity contribution in [1.29, 1.82) is 0 Å². The van der Waals surface area contributed by atoms with Crippen LogP contribution in [0, 0.1) is 10.1 Å². The minimum absolute atomic E-state index is 0.127. The van der Waals surface area contributed by atoms with Crippen molar-refractivity contribution in [3.63, 3.8) is 0 Å². The summed E-state index contributed by atoms with van der Waals surface area (Å²) >= 11 is 0. The zero-order valence-electron chi connectivity index (χ0n) is 14.9. The van der Waals surface area contributed by atoms with Gasteiger partial charge in [-0.05, 0) is 43.2 Å². The molecular formula is C19H20N4O4. The van der Waals surface area contributed by atoms with Crippen LogP contribution in [0.15, 0.2) is 42.5 Å². The SMILES string of the molecule is CNC(=O)c1ccc(NC(=O)c2cc([N+](=O)[O-])ccc2N2CCCC2)cc1. The Hall–Kier alpha value is -3.42. The van der Waals surface area contributed by atoms with Gasteiger partial charge in [0.1, 0.15) is 0 Å². The lowest BCUT2D eigenvalue weighted by Crippen LogP contribution is -2.23. The van der Waals surface area contributed by atoms with Crippen molar-refractivity contribution in [2.24, 2.45) is 0 Å². The van der Waals surface area contributed by atoms with E-state index < -0.39 is 10.8 Å². The number of carbonyl (C=O) groups excluding carboxylic acids is 2. The molecule has 0 saturated carbocycles. The van der Waals surface area contributed by atoms with Gasteiger partial charge in [0.2, 0.25) is 0 Å². The van der Waals surface area contributed by atoms with Crippen molar-refractivity contribution in [3.8, 4) is 0 Å². The Labute approximate surface area is 156 Å². The molecule has 1 heterocycles. The number of nitro benzene ring substituents is 1. The van der Waals surface area contributed by atoms with Gasteiger partial charge >= 0.3 is 0 Å². The van der Waals surface area contributed by atoms with Gasteiger partial charge in [-0.3, -0.25) is 19.7 Å².